The van der Waals surface area contributed by atoms with Crippen LogP contribution in [-0.2, 0) is 23.5 Å². The summed E-state index contributed by atoms with van der Waals surface area (Å²) in [6.07, 6.45) is -11.6. The molecule has 0 saturated carbocycles. The van der Waals surface area contributed by atoms with Gasteiger partial charge in [-0.3, -0.25) is 0 Å². The molecular weight excluding hydrogens is 505 g/mol. The Labute approximate surface area is 207 Å². The van der Waals surface area contributed by atoms with Crippen molar-refractivity contribution < 1.29 is 40.2 Å². The molecular formula is C26H19F7N2O2. The van der Waals surface area contributed by atoms with Gasteiger partial charge in [0.15, 0.2) is 11.8 Å². The number of ether oxygens (including phenoxy) is 1. The van der Waals surface area contributed by atoms with Crippen molar-refractivity contribution in [2.75, 3.05) is 0 Å². The second kappa shape index (κ2) is 9.67. The second-order valence-corrected chi connectivity index (χ2v) is 8.75. The van der Waals surface area contributed by atoms with Gasteiger partial charge in [-0.2, -0.15) is 36.3 Å². The van der Waals surface area contributed by atoms with Crippen molar-refractivity contribution in [3.63, 3.8) is 0 Å². The molecule has 0 radical (unpaired) electrons. The third-order valence-electron chi connectivity index (χ3n) is 6.39. The summed E-state index contributed by atoms with van der Waals surface area (Å²) >= 11 is 0. The predicted molar refractivity (Wildman–Crippen MR) is 116 cm³/mol. The number of fused-ring (bicyclic) bond motifs is 1. The Morgan fingerprint density at radius 1 is 0.973 bits per heavy atom. The van der Waals surface area contributed by atoms with Crippen LogP contribution in [0.1, 0.15) is 64.6 Å². The molecule has 4 nitrogen and oxygen atoms in total. The maximum absolute atomic E-state index is 13.6. The third-order valence-corrected chi connectivity index (χ3v) is 6.39. The van der Waals surface area contributed by atoms with Gasteiger partial charge in [-0.05, 0) is 60.9 Å². The number of rotatable bonds is 4. The predicted octanol–water partition coefficient (Wildman–Crippen LogP) is 6.59. The van der Waals surface area contributed by atoms with Crippen LogP contribution < -0.4 is 4.73 Å². The smallest absolute Gasteiger partial charge is 0.416 e. The number of hydrogen-bond donors (Lipinski definition) is 0. The van der Waals surface area contributed by atoms with Crippen LogP contribution in [0, 0.1) is 22.4 Å². The Morgan fingerprint density at radius 2 is 1.57 bits per heavy atom. The van der Waals surface area contributed by atoms with Gasteiger partial charge in [-0.15, -0.1) is 0 Å². The van der Waals surface area contributed by atoms with E-state index in [0.29, 0.717) is 33.7 Å². The van der Waals surface area contributed by atoms with Crippen molar-refractivity contribution in [3.8, 4) is 6.07 Å². The number of halogens is 7. The van der Waals surface area contributed by atoms with E-state index in [0.717, 1.165) is 0 Å². The van der Waals surface area contributed by atoms with Crippen LogP contribution in [0.5, 0.6) is 0 Å². The summed E-state index contributed by atoms with van der Waals surface area (Å²) in [6.45, 7) is 1.35. The molecule has 2 aromatic carbocycles. The van der Waals surface area contributed by atoms with Crippen LogP contribution in [0.25, 0.3) is 0 Å². The third kappa shape index (κ3) is 5.39. The fourth-order valence-electron chi connectivity index (χ4n) is 4.62. The summed E-state index contributed by atoms with van der Waals surface area (Å²) in [5.74, 6) is -1.21. The number of nitrogens with zero attached hydrogens (tertiary/aromatic N) is 2. The molecule has 4 rings (SSSR count). The van der Waals surface area contributed by atoms with Crippen molar-refractivity contribution in [1.29, 1.82) is 5.26 Å². The first-order valence-electron chi connectivity index (χ1n) is 11.2. The Bertz CT molecular complexity index is 1310. The highest BCUT2D eigenvalue weighted by Crippen LogP contribution is 2.42. The molecule has 11 heteroatoms. The van der Waals surface area contributed by atoms with Gasteiger partial charge in [-0.1, -0.05) is 12.1 Å². The molecule has 0 fully saturated rings. The summed E-state index contributed by atoms with van der Waals surface area (Å²) in [6, 6.07) is 11.3. The van der Waals surface area contributed by atoms with E-state index in [2.05, 4.69) is 0 Å². The highest BCUT2D eigenvalue weighted by Gasteiger charge is 2.40. The SMILES string of the molecule is C[C@@H](O[C@H]1CCc2c(ccc(C#N)[n+]2[O-])[C@@H]1c1ccc(F)cc1)c1cc(C(F)(F)F)cc(C(F)(F)F)c1. The molecule has 0 bridgehead atoms. The molecule has 3 aromatic rings. The van der Waals surface area contributed by atoms with E-state index < -0.39 is 47.4 Å². The molecule has 1 aromatic heterocycles. The minimum Gasteiger partial charge on any atom is -0.618 e. The molecule has 1 heterocycles. The summed E-state index contributed by atoms with van der Waals surface area (Å²) < 4.78 is 100. The Kier molecular flexibility index (Phi) is 6.90. The average Bonchev–Trinajstić information content (AvgIpc) is 2.83. The van der Waals surface area contributed by atoms with Crippen molar-refractivity contribution in [1.82, 2.24) is 0 Å². The Morgan fingerprint density at radius 3 is 2.11 bits per heavy atom. The van der Waals surface area contributed by atoms with Crippen molar-refractivity contribution in [3.05, 3.63) is 105 Å². The van der Waals surface area contributed by atoms with Crippen LogP contribution in [0.4, 0.5) is 30.7 Å². The quantitative estimate of drug-likeness (QED) is 0.220. The molecule has 1 aliphatic carbocycles. The molecule has 0 unspecified atom stereocenters. The molecule has 37 heavy (non-hydrogen) atoms. The van der Waals surface area contributed by atoms with Gasteiger partial charge >= 0.3 is 12.4 Å². The zero-order valence-corrected chi connectivity index (χ0v) is 19.2. The minimum atomic E-state index is -5.00. The van der Waals surface area contributed by atoms with E-state index in [1.807, 2.05) is 0 Å². The molecule has 1 aliphatic rings. The topological polar surface area (TPSA) is 60.0 Å². The number of pyridine rings is 1. The fourth-order valence-corrected chi connectivity index (χ4v) is 4.62. The van der Waals surface area contributed by atoms with E-state index in [1.165, 1.54) is 37.3 Å². The zero-order valence-electron chi connectivity index (χ0n) is 19.2. The molecule has 3 atom stereocenters. The zero-order chi connectivity index (χ0) is 27.1. The van der Waals surface area contributed by atoms with E-state index in [4.69, 9.17) is 4.74 Å². The van der Waals surface area contributed by atoms with Gasteiger partial charge in [0.2, 0.25) is 0 Å². The number of nitriles is 1. The molecule has 194 valence electrons. The molecule has 0 amide bonds. The van der Waals surface area contributed by atoms with Gasteiger partial charge in [0, 0.05) is 24.0 Å². The van der Waals surface area contributed by atoms with Crippen LogP contribution in [-0.4, -0.2) is 6.10 Å². The van der Waals surface area contributed by atoms with Gasteiger partial charge in [0.25, 0.3) is 5.69 Å². The number of hydrogen-bond acceptors (Lipinski definition) is 3. The fraction of sp³-hybridized carbons (Fsp3) is 0.308. The maximum Gasteiger partial charge on any atom is 0.416 e. The largest absolute Gasteiger partial charge is 0.618 e. The summed E-state index contributed by atoms with van der Waals surface area (Å²) in [7, 11) is 0. The van der Waals surface area contributed by atoms with Crippen molar-refractivity contribution in [2.45, 2.75) is 50.2 Å². The standard InChI is InChI=1S/C26H19F7N2O2/c1-14(16-10-17(25(28,29)30)12-18(11-16)26(31,32)33)37-23-9-8-22-21(7-6-20(13-34)35(22)36)24(23)15-2-4-19(27)5-3-15/h2-7,10-12,14,23-24H,8-9H2,1H3/t14-,23+,24+/m1/s1. The second-order valence-electron chi connectivity index (χ2n) is 8.75. The number of alkyl halides is 6. The van der Waals surface area contributed by atoms with E-state index >= 15 is 0 Å². The summed E-state index contributed by atoms with van der Waals surface area (Å²) in [4.78, 5) is 0. The minimum absolute atomic E-state index is 0.0498. The lowest BCUT2D eigenvalue weighted by Crippen LogP contribution is -2.42. The molecule has 0 spiro atoms. The monoisotopic (exact) mass is 524 g/mol. The lowest BCUT2D eigenvalue weighted by atomic mass is 9.78. The Hall–Kier alpha value is -3.65. The normalized spacial score (nSPS) is 18.7. The van der Waals surface area contributed by atoms with Crippen LogP contribution in [0.2, 0.25) is 0 Å². The van der Waals surface area contributed by atoms with Gasteiger partial charge < -0.3 is 9.94 Å². The number of aromatic nitrogens is 1. The van der Waals surface area contributed by atoms with Gasteiger partial charge in [0.05, 0.1) is 23.3 Å². The average molecular weight is 524 g/mol. The highest BCUT2D eigenvalue weighted by atomic mass is 19.4. The number of benzene rings is 2. The van der Waals surface area contributed by atoms with Gasteiger partial charge in [0.1, 0.15) is 5.82 Å². The molecule has 0 saturated heterocycles. The van der Waals surface area contributed by atoms with E-state index in [9.17, 15) is 41.2 Å². The van der Waals surface area contributed by atoms with Crippen LogP contribution in [0.3, 0.4) is 0 Å². The summed E-state index contributed by atoms with van der Waals surface area (Å²) in [5.41, 5.74) is -2.05. The van der Waals surface area contributed by atoms with Crippen LogP contribution >= 0.6 is 0 Å². The molecule has 0 aliphatic heterocycles. The van der Waals surface area contributed by atoms with Crippen molar-refractivity contribution >= 4 is 0 Å². The Balaban J connectivity index is 1.75. The van der Waals surface area contributed by atoms with Gasteiger partial charge in [-0.25, -0.2) is 4.39 Å². The lowest BCUT2D eigenvalue weighted by Gasteiger charge is -2.34. The highest BCUT2D eigenvalue weighted by molar-refractivity contribution is 5.39. The lowest BCUT2D eigenvalue weighted by molar-refractivity contribution is -0.618. The summed E-state index contributed by atoms with van der Waals surface area (Å²) in [5, 5.41) is 21.9. The maximum atomic E-state index is 13.6. The first kappa shape index (κ1) is 26.4. The van der Waals surface area contributed by atoms with Crippen molar-refractivity contribution in [2.24, 2.45) is 0 Å². The molecule has 0 N–H and O–H groups in total. The first-order valence-corrected chi connectivity index (χ1v) is 11.2. The van der Waals surface area contributed by atoms with E-state index in [-0.39, 0.29) is 30.2 Å². The van der Waals surface area contributed by atoms with E-state index in [1.54, 1.807) is 12.1 Å². The van der Waals surface area contributed by atoms with Crippen LogP contribution in [0.15, 0.2) is 54.6 Å². The first-order chi connectivity index (χ1) is 17.3.